The van der Waals surface area contributed by atoms with Crippen molar-refractivity contribution in [1.29, 1.82) is 0 Å². The van der Waals surface area contributed by atoms with Crippen LogP contribution in [0.25, 0.3) is 0 Å². The van der Waals surface area contributed by atoms with Crippen LogP contribution in [-0.2, 0) is 0 Å². The standard InChI is InChI=1S/C19H20BrN3O2/c1-3-12-21-18(24)14-8-10-15(11-9-14)23-19(25)22-13(2)16-6-4-5-7-17(16)20/h3-11,13H,1,12H2,2H3,(H,21,24)(H2,22,23,25). The SMILES string of the molecule is C=CCNC(=O)c1ccc(NC(=O)NC(C)c2ccccc2Br)cc1. The molecule has 2 rings (SSSR count). The molecule has 2 aromatic rings. The number of hydrogen-bond donors (Lipinski definition) is 3. The van der Waals surface area contributed by atoms with Gasteiger partial charge < -0.3 is 16.0 Å². The number of nitrogens with one attached hydrogen (secondary N) is 3. The lowest BCUT2D eigenvalue weighted by molar-refractivity contribution is 0.0958. The first-order chi connectivity index (χ1) is 12.0. The predicted molar refractivity (Wildman–Crippen MR) is 104 cm³/mol. The second-order valence-electron chi connectivity index (χ2n) is 5.42. The van der Waals surface area contributed by atoms with E-state index in [1.165, 1.54) is 0 Å². The maximum absolute atomic E-state index is 12.1. The fraction of sp³-hybridized carbons (Fsp3) is 0.158. The van der Waals surface area contributed by atoms with Gasteiger partial charge in [0.2, 0.25) is 0 Å². The van der Waals surface area contributed by atoms with Crippen molar-refractivity contribution in [3.8, 4) is 0 Å². The first kappa shape index (κ1) is 18.7. The average molecular weight is 402 g/mol. The number of carbonyl (C=O) groups excluding carboxylic acids is 2. The summed E-state index contributed by atoms with van der Waals surface area (Å²) in [5, 5.41) is 8.34. The van der Waals surface area contributed by atoms with Crippen LogP contribution >= 0.6 is 15.9 Å². The molecule has 0 aliphatic heterocycles. The van der Waals surface area contributed by atoms with Gasteiger partial charge in [0.25, 0.3) is 5.91 Å². The van der Waals surface area contributed by atoms with Crippen LogP contribution in [0.2, 0.25) is 0 Å². The molecule has 0 aromatic heterocycles. The van der Waals surface area contributed by atoms with Gasteiger partial charge in [-0.05, 0) is 42.8 Å². The third kappa shape index (κ3) is 5.46. The second-order valence-corrected chi connectivity index (χ2v) is 6.27. The van der Waals surface area contributed by atoms with E-state index in [9.17, 15) is 9.59 Å². The minimum Gasteiger partial charge on any atom is -0.349 e. The molecule has 25 heavy (non-hydrogen) atoms. The van der Waals surface area contributed by atoms with Crippen molar-refractivity contribution in [2.24, 2.45) is 0 Å². The first-order valence-corrected chi connectivity index (χ1v) is 8.61. The summed E-state index contributed by atoms with van der Waals surface area (Å²) in [7, 11) is 0. The van der Waals surface area contributed by atoms with E-state index in [2.05, 4.69) is 38.5 Å². The Kier molecular flexibility index (Phi) is 6.77. The van der Waals surface area contributed by atoms with Crippen molar-refractivity contribution in [1.82, 2.24) is 10.6 Å². The topological polar surface area (TPSA) is 70.2 Å². The zero-order valence-corrected chi connectivity index (χ0v) is 15.5. The van der Waals surface area contributed by atoms with Gasteiger partial charge in [-0.15, -0.1) is 6.58 Å². The Labute approximate surface area is 155 Å². The molecule has 2 aromatic carbocycles. The lowest BCUT2D eigenvalue weighted by Crippen LogP contribution is -2.31. The van der Waals surface area contributed by atoms with Crippen LogP contribution in [0.5, 0.6) is 0 Å². The Balaban J connectivity index is 1.93. The number of amides is 3. The summed E-state index contributed by atoms with van der Waals surface area (Å²) < 4.78 is 0.942. The van der Waals surface area contributed by atoms with Gasteiger partial charge in [0.1, 0.15) is 0 Å². The summed E-state index contributed by atoms with van der Waals surface area (Å²) in [4.78, 5) is 23.9. The molecule has 1 atom stereocenters. The maximum atomic E-state index is 12.1. The lowest BCUT2D eigenvalue weighted by Gasteiger charge is -2.16. The van der Waals surface area contributed by atoms with E-state index in [1.807, 2.05) is 31.2 Å². The summed E-state index contributed by atoms with van der Waals surface area (Å²) in [6.07, 6.45) is 1.62. The Hall–Kier alpha value is -2.60. The van der Waals surface area contributed by atoms with E-state index >= 15 is 0 Å². The molecule has 3 amide bonds. The van der Waals surface area contributed by atoms with Crippen LogP contribution in [0.4, 0.5) is 10.5 Å². The fourth-order valence-corrected chi connectivity index (χ4v) is 2.87. The van der Waals surface area contributed by atoms with Crippen molar-refractivity contribution in [3.05, 3.63) is 76.8 Å². The van der Waals surface area contributed by atoms with Gasteiger partial charge in [-0.3, -0.25) is 4.79 Å². The maximum Gasteiger partial charge on any atom is 0.319 e. The Bertz CT molecular complexity index is 760. The number of hydrogen-bond acceptors (Lipinski definition) is 2. The van der Waals surface area contributed by atoms with E-state index in [4.69, 9.17) is 0 Å². The highest BCUT2D eigenvalue weighted by Crippen LogP contribution is 2.22. The number of anilines is 1. The monoisotopic (exact) mass is 401 g/mol. The van der Waals surface area contributed by atoms with Crippen molar-refractivity contribution in [2.75, 3.05) is 11.9 Å². The van der Waals surface area contributed by atoms with E-state index in [1.54, 1.807) is 30.3 Å². The normalized spacial score (nSPS) is 11.3. The summed E-state index contributed by atoms with van der Waals surface area (Å²) in [5.74, 6) is -0.182. The van der Waals surface area contributed by atoms with Crippen LogP contribution in [0.1, 0.15) is 28.9 Å². The van der Waals surface area contributed by atoms with Crippen LogP contribution < -0.4 is 16.0 Å². The molecule has 0 aliphatic rings. The summed E-state index contributed by atoms with van der Waals surface area (Å²) in [6, 6.07) is 14.0. The highest BCUT2D eigenvalue weighted by Gasteiger charge is 2.12. The van der Waals surface area contributed by atoms with Gasteiger partial charge in [0, 0.05) is 22.3 Å². The van der Waals surface area contributed by atoms with Gasteiger partial charge in [-0.2, -0.15) is 0 Å². The molecule has 0 aliphatic carbocycles. The molecular formula is C19H20BrN3O2. The average Bonchev–Trinajstić information content (AvgIpc) is 2.60. The Morgan fingerprint density at radius 1 is 1.16 bits per heavy atom. The fourth-order valence-electron chi connectivity index (χ4n) is 2.24. The van der Waals surface area contributed by atoms with E-state index in [-0.39, 0.29) is 18.0 Å². The van der Waals surface area contributed by atoms with Gasteiger partial charge in [-0.25, -0.2) is 4.79 Å². The largest absolute Gasteiger partial charge is 0.349 e. The molecule has 3 N–H and O–H groups in total. The number of halogens is 1. The quantitative estimate of drug-likeness (QED) is 0.633. The van der Waals surface area contributed by atoms with Crippen molar-refractivity contribution in [2.45, 2.75) is 13.0 Å². The van der Waals surface area contributed by atoms with Crippen molar-refractivity contribution < 1.29 is 9.59 Å². The van der Waals surface area contributed by atoms with Gasteiger partial charge in [-0.1, -0.05) is 40.2 Å². The van der Waals surface area contributed by atoms with Crippen molar-refractivity contribution >= 4 is 33.6 Å². The highest BCUT2D eigenvalue weighted by atomic mass is 79.9. The molecular weight excluding hydrogens is 382 g/mol. The van der Waals surface area contributed by atoms with E-state index in [0.29, 0.717) is 17.8 Å². The highest BCUT2D eigenvalue weighted by molar-refractivity contribution is 9.10. The van der Waals surface area contributed by atoms with E-state index < -0.39 is 0 Å². The van der Waals surface area contributed by atoms with E-state index in [0.717, 1.165) is 10.0 Å². The van der Waals surface area contributed by atoms with Gasteiger partial charge in [0.05, 0.1) is 6.04 Å². The molecule has 5 nitrogen and oxygen atoms in total. The zero-order valence-electron chi connectivity index (χ0n) is 13.9. The first-order valence-electron chi connectivity index (χ1n) is 7.82. The van der Waals surface area contributed by atoms with Gasteiger partial charge >= 0.3 is 6.03 Å². The molecule has 1 unspecified atom stereocenters. The summed E-state index contributed by atoms with van der Waals surface area (Å²) in [5.41, 5.74) is 2.12. The van der Waals surface area contributed by atoms with Crippen molar-refractivity contribution in [3.63, 3.8) is 0 Å². The van der Waals surface area contributed by atoms with Crippen LogP contribution in [0.3, 0.4) is 0 Å². The molecule has 0 heterocycles. The minimum absolute atomic E-state index is 0.153. The number of urea groups is 1. The number of benzene rings is 2. The van der Waals surface area contributed by atoms with Crippen LogP contribution in [-0.4, -0.2) is 18.5 Å². The zero-order chi connectivity index (χ0) is 18.2. The molecule has 0 bridgehead atoms. The third-order valence-electron chi connectivity index (χ3n) is 3.53. The molecule has 0 saturated heterocycles. The molecule has 0 fully saturated rings. The van der Waals surface area contributed by atoms with Crippen LogP contribution in [0, 0.1) is 0 Å². The molecule has 6 heteroatoms. The summed E-state index contributed by atoms with van der Waals surface area (Å²) in [6.45, 7) is 5.87. The Morgan fingerprint density at radius 2 is 1.84 bits per heavy atom. The Morgan fingerprint density at radius 3 is 2.48 bits per heavy atom. The smallest absolute Gasteiger partial charge is 0.319 e. The second kappa shape index (κ2) is 9.03. The lowest BCUT2D eigenvalue weighted by atomic mass is 10.1. The molecule has 130 valence electrons. The minimum atomic E-state index is -0.313. The molecule has 0 radical (unpaired) electrons. The predicted octanol–water partition coefficient (Wildman–Crippen LogP) is 4.25. The third-order valence-corrected chi connectivity index (χ3v) is 4.25. The van der Waals surface area contributed by atoms with Crippen LogP contribution in [0.15, 0.2) is 65.7 Å². The van der Waals surface area contributed by atoms with Gasteiger partial charge in [0.15, 0.2) is 0 Å². The molecule has 0 spiro atoms. The summed E-state index contributed by atoms with van der Waals surface area (Å²) >= 11 is 3.48. The number of carbonyl (C=O) groups is 2. The number of rotatable bonds is 6. The molecule has 0 saturated carbocycles.